The summed E-state index contributed by atoms with van der Waals surface area (Å²) < 4.78 is 5.84. The maximum atomic E-state index is 13.0. The maximum Gasteiger partial charge on any atom is 0.289 e. The average molecular weight is 368 g/mol. The second-order valence-corrected chi connectivity index (χ2v) is 7.99. The molecule has 1 aromatic carbocycles. The quantitative estimate of drug-likeness (QED) is 0.889. The normalized spacial score (nSPS) is 21.4. The number of para-hydroxylation sites is 1. The van der Waals surface area contributed by atoms with Crippen LogP contribution in [0.4, 0.5) is 0 Å². The molecular weight excluding hydrogens is 340 g/mol. The summed E-state index contributed by atoms with van der Waals surface area (Å²) in [5.41, 5.74) is 1.62. The van der Waals surface area contributed by atoms with Crippen LogP contribution in [0.5, 0.6) is 0 Å². The predicted molar refractivity (Wildman–Crippen MR) is 105 cm³/mol. The minimum atomic E-state index is -0.116. The summed E-state index contributed by atoms with van der Waals surface area (Å²) in [4.78, 5) is 27.5. The fourth-order valence-corrected chi connectivity index (χ4v) is 4.46. The highest BCUT2D eigenvalue weighted by Gasteiger charge is 2.32. The standard InChI is InChI=1S/C22H28N2O3/c1-15-18-11-5-6-12-19(18)27-20(15)22(26)24-13-7-8-16(14-24)21(25)23-17-9-3-2-4-10-17/h5-6,11-12,16-17H,2-4,7-10,13-14H2,1H3,(H,23,25). The summed E-state index contributed by atoms with van der Waals surface area (Å²) in [5, 5.41) is 4.20. The highest BCUT2D eigenvalue weighted by molar-refractivity contribution is 5.99. The average Bonchev–Trinajstić information content (AvgIpc) is 3.05. The highest BCUT2D eigenvalue weighted by atomic mass is 16.3. The molecule has 1 aliphatic carbocycles. The van der Waals surface area contributed by atoms with Crippen LogP contribution in [0.2, 0.25) is 0 Å². The van der Waals surface area contributed by atoms with Gasteiger partial charge in [0.05, 0.1) is 5.92 Å². The topological polar surface area (TPSA) is 62.6 Å². The molecule has 5 nitrogen and oxygen atoms in total. The van der Waals surface area contributed by atoms with Gasteiger partial charge in [0.2, 0.25) is 5.91 Å². The van der Waals surface area contributed by atoms with E-state index in [9.17, 15) is 9.59 Å². The molecular formula is C22H28N2O3. The summed E-state index contributed by atoms with van der Waals surface area (Å²) in [5.74, 6) is 0.304. The number of aryl methyl sites for hydroxylation is 1. The summed E-state index contributed by atoms with van der Waals surface area (Å²) >= 11 is 0. The van der Waals surface area contributed by atoms with Crippen molar-refractivity contribution in [1.82, 2.24) is 10.2 Å². The lowest BCUT2D eigenvalue weighted by atomic mass is 9.93. The summed E-state index contributed by atoms with van der Waals surface area (Å²) in [6, 6.07) is 8.03. The first-order valence-electron chi connectivity index (χ1n) is 10.2. The molecule has 144 valence electrons. The molecule has 0 radical (unpaired) electrons. The molecule has 1 unspecified atom stereocenters. The first-order chi connectivity index (χ1) is 13.1. The van der Waals surface area contributed by atoms with Gasteiger partial charge in [0.15, 0.2) is 5.76 Å². The third-order valence-electron chi connectivity index (χ3n) is 6.07. The lowest BCUT2D eigenvalue weighted by Gasteiger charge is -2.33. The summed E-state index contributed by atoms with van der Waals surface area (Å²) in [7, 11) is 0. The van der Waals surface area contributed by atoms with Crippen LogP contribution in [-0.2, 0) is 4.79 Å². The van der Waals surface area contributed by atoms with Gasteiger partial charge in [0, 0.05) is 30.1 Å². The van der Waals surface area contributed by atoms with E-state index in [-0.39, 0.29) is 17.7 Å². The number of furan rings is 1. The van der Waals surface area contributed by atoms with Crippen molar-refractivity contribution >= 4 is 22.8 Å². The number of hydrogen-bond acceptors (Lipinski definition) is 3. The lowest BCUT2D eigenvalue weighted by Crippen LogP contribution is -2.48. The minimum absolute atomic E-state index is 0.0983. The fourth-order valence-electron chi connectivity index (χ4n) is 4.46. The minimum Gasteiger partial charge on any atom is -0.451 e. The number of rotatable bonds is 3. The van der Waals surface area contributed by atoms with Gasteiger partial charge in [0.25, 0.3) is 5.91 Å². The Hall–Kier alpha value is -2.30. The number of fused-ring (bicyclic) bond motifs is 1. The molecule has 0 spiro atoms. The first-order valence-corrected chi connectivity index (χ1v) is 10.2. The van der Waals surface area contributed by atoms with Gasteiger partial charge in [-0.25, -0.2) is 0 Å². The van der Waals surface area contributed by atoms with Crippen LogP contribution >= 0.6 is 0 Å². The first kappa shape index (κ1) is 18.1. The monoisotopic (exact) mass is 368 g/mol. The Kier molecular flexibility index (Phi) is 5.19. The van der Waals surface area contributed by atoms with E-state index < -0.39 is 0 Å². The van der Waals surface area contributed by atoms with Crippen molar-refractivity contribution in [3.05, 3.63) is 35.6 Å². The van der Waals surface area contributed by atoms with E-state index in [4.69, 9.17) is 4.42 Å². The van der Waals surface area contributed by atoms with Crippen molar-refractivity contribution in [2.24, 2.45) is 5.92 Å². The number of benzene rings is 1. The Morgan fingerprint density at radius 3 is 2.63 bits per heavy atom. The van der Waals surface area contributed by atoms with Gasteiger partial charge in [-0.2, -0.15) is 0 Å². The number of carbonyl (C=O) groups is 2. The zero-order valence-corrected chi connectivity index (χ0v) is 16.0. The number of amides is 2. The van der Waals surface area contributed by atoms with Crippen molar-refractivity contribution in [2.75, 3.05) is 13.1 Å². The van der Waals surface area contributed by atoms with Gasteiger partial charge in [0.1, 0.15) is 5.58 Å². The Balaban J connectivity index is 1.44. The smallest absolute Gasteiger partial charge is 0.289 e. The van der Waals surface area contributed by atoms with Crippen molar-refractivity contribution in [3.8, 4) is 0 Å². The fraction of sp³-hybridized carbons (Fsp3) is 0.545. The predicted octanol–water partition coefficient (Wildman–Crippen LogP) is 4.04. The lowest BCUT2D eigenvalue weighted by molar-refractivity contribution is -0.127. The van der Waals surface area contributed by atoms with E-state index >= 15 is 0 Å². The molecule has 27 heavy (non-hydrogen) atoms. The maximum absolute atomic E-state index is 13.0. The molecule has 1 saturated carbocycles. The van der Waals surface area contributed by atoms with E-state index in [2.05, 4.69) is 5.32 Å². The molecule has 2 amide bonds. The zero-order chi connectivity index (χ0) is 18.8. The Morgan fingerprint density at radius 2 is 1.85 bits per heavy atom. The third kappa shape index (κ3) is 3.73. The molecule has 2 aliphatic rings. The molecule has 0 bridgehead atoms. The van der Waals surface area contributed by atoms with E-state index in [0.717, 1.165) is 42.2 Å². The van der Waals surface area contributed by atoms with Gasteiger partial charge in [-0.3, -0.25) is 9.59 Å². The van der Waals surface area contributed by atoms with E-state index in [1.165, 1.54) is 19.3 Å². The molecule has 1 N–H and O–H groups in total. The molecule has 1 atom stereocenters. The van der Waals surface area contributed by atoms with E-state index in [0.29, 0.717) is 24.9 Å². The second kappa shape index (κ2) is 7.75. The van der Waals surface area contributed by atoms with Crippen molar-refractivity contribution < 1.29 is 14.0 Å². The second-order valence-electron chi connectivity index (χ2n) is 7.99. The van der Waals surface area contributed by atoms with Crippen molar-refractivity contribution in [3.63, 3.8) is 0 Å². The van der Waals surface area contributed by atoms with Gasteiger partial charge in [-0.05, 0) is 38.7 Å². The molecule has 2 heterocycles. The molecule has 5 heteroatoms. The molecule has 2 aromatic rings. The van der Waals surface area contributed by atoms with Crippen LogP contribution in [-0.4, -0.2) is 35.8 Å². The number of likely N-dealkylation sites (tertiary alicyclic amines) is 1. The SMILES string of the molecule is Cc1c(C(=O)N2CCCC(C(=O)NC3CCCCC3)C2)oc2ccccc12. The summed E-state index contributed by atoms with van der Waals surface area (Å²) in [6.07, 6.45) is 7.54. The Labute approximate surface area is 160 Å². The molecule has 1 saturated heterocycles. The van der Waals surface area contributed by atoms with Gasteiger partial charge < -0.3 is 14.6 Å². The number of hydrogen-bond donors (Lipinski definition) is 1. The van der Waals surface area contributed by atoms with Gasteiger partial charge in [-0.1, -0.05) is 37.5 Å². The number of nitrogens with zero attached hydrogens (tertiary/aromatic N) is 1. The van der Waals surface area contributed by atoms with Gasteiger partial charge >= 0.3 is 0 Å². The number of carbonyl (C=O) groups excluding carboxylic acids is 2. The molecule has 1 aromatic heterocycles. The van der Waals surface area contributed by atoms with Crippen LogP contribution in [0.15, 0.2) is 28.7 Å². The van der Waals surface area contributed by atoms with Crippen LogP contribution in [0.3, 0.4) is 0 Å². The summed E-state index contributed by atoms with van der Waals surface area (Å²) in [6.45, 7) is 3.09. The number of nitrogens with one attached hydrogen (secondary N) is 1. The largest absolute Gasteiger partial charge is 0.451 e. The Bertz CT molecular complexity index is 835. The van der Waals surface area contributed by atoms with Gasteiger partial charge in [-0.15, -0.1) is 0 Å². The van der Waals surface area contributed by atoms with Crippen LogP contribution < -0.4 is 5.32 Å². The van der Waals surface area contributed by atoms with Crippen molar-refractivity contribution in [1.29, 1.82) is 0 Å². The third-order valence-corrected chi connectivity index (χ3v) is 6.07. The molecule has 2 fully saturated rings. The zero-order valence-electron chi connectivity index (χ0n) is 16.0. The highest BCUT2D eigenvalue weighted by Crippen LogP contribution is 2.28. The van der Waals surface area contributed by atoms with Crippen molar-refractivity contribution in [2.45, 2.75) is 57.9 Å². The number of piperidine rings is 1. The van der Waals surface area contributed by atoms with Crippen LogP contribution in [0.1, 0.15) is 61.1 Å². The van der Waals surface area contributed by atoms with Crippen LogP contribution in [0.25, 0.3) is 11.0 Å². The van der Waals surface area contributed by atoms with E-state index in [1.54, 1.807) is 4.90 Å². The van der Waals surface area contributed by atoms with E-state index in [1.807, 2.05) is 31.2 Å². The Morgan fingerprint density at radius 1 is 1.07 bits per heavy atom. The van der Waals surface area contributed by atoms with Crippen LogP contribution in [0, 0.1) is 12.8 Å². The molecule has 4 rings (SSSR count). The molecule has 1 aliphatic heterocycles.